The summed E-state index contributed by atoms with van der Waals surface area (Å²) in [5, 5.41) is 8.71. The van der Waals surface area contributed by atoms with Crippen molar-refractivity contribution in [3.63, 3.8) is 0 Å². The van der Waals surface area contributed by atoms with Crippen LogP contribution in [0.4, 0.5) is 0 Å². The topological polar surface area (TPSA) is 80.6 Å². The van der Waals surface area contributed by atoms with Crippen molar-refractivity contribution in [3.8, 4) is 0 Å². The molecule has 1 amide bonds. The van der Waals surface area contributed by atoms with Crippen LogP contribution in [0.3, 0.4) is 0 Å². The highest BCUT2D eigenvalue weighted by atomic mass is 16.5. The highest BCUT2D eigenvalue weighted by Gasteiger charge is 2.34. The average molecular weight is 224 g/mol. The number of amides is 1. The number of carboxylic acids is 1. The Kier molecular flexibility index (Phi) is 2.91. The van der Waals surface area contributed by atoms with Crippen LogP contribution in [-0.2, 0) is 14.3 Å². The van der Waals surface area contributed by atoms with Gasteiger partial charge in [-0.2, -0.15) is 0 Å². The first kappa shape index (κ1) is 10.7. The lowest BCUT2D eigenvalue weighted by molar-refractivity contribution is -0.151. The third-order valence-corrected chi connectivity index (χ3v) is 2.43. The van der Waals surface area contributed by atoms with Crippen molar-refractivity contribution < 1.29 is 19.4 Å². The Balaban J connectivity index is 1.90. The molecule has 2 N–H and O–H groups in total. The number of nitrogens with zero attached hydrogens (tertiary/aromatic N) is 1. The fraction of sp³-hybridized carbons (Fsp3) is 0.400. The molecule has 0 saturated carbocycles. The maximum absolute atomic E-state index is 11.6. The van der Waals surface area contributed by atoms with Crippen LogP contribution in [0.5, 0.6) is 0 Å². The van der Waals surface area contributed by atoms with Gasteiger partial charge >= 0.3 is 5.97 Å². The summed E-state index contributed by atoms with van der Waals surface area (Å²) in [7, 11) is 0. The van der Waals surface area contributed by atoms with E-state index in [1.165, 1.54) is 4.68 Å². The summed E-state index contributed by atoms with van der Waals surface area (Å²) in [6.07, 6.45) is 2.63. The molecule has 1 aromatic rings. The molecular weight excluding hydrogens is 212 g/mol. The molecule has 0 bridgehead atoms. The van der Waals surface area contributed by atoms with Crippen molar-refractivity contribution in [1.29, 1.82) is 0 Å². The molecule has 0 unspecified atom stereocenters. The smallest absolute Gasteiger partial charge is 0.332 e. The van der Waals surface area contributed by atoms with Crippen LogP contribution in [0.2, 0.25) is 0 Å². The zero-order valence-electron chi connectivity index (χ0n) is 8.50. The van der Waals surface area contributed by atoms with Crippen molar-refractivity contribution in [1.82, 2.24) is 4.68 Å². The highest BCUT2D eigenvalue weighted by molar-refractivity contribution is 5.88. The molecule has 86 valence electrons. The molecule has 6 heteroatoms. The van der Waals surface area contributed by atoms with Crippen LogP contribution < -0.4 is 5.43 Å². The number of aliphatic carboxylic acids is 1. The van der Waals surface area contributed by atoms with Gasteiger partial charge in [0.05, 0.1) is 0 Å². The predicted molar refractivity (Wildman–Crippen MR) is 54.3 cm³/mol. The number of carbonyl (C=O) groups excluding carboxylic acids is 1. The second kappa shape index (κ2) is 4.36. The first-order valence-corrected chi connectivity index (χ1v) is 4.99. The minimum absolute atomic E-state index is 0.319. The number of aromatic nitrogens is 1. The largest absolute Gasteiger partial charge is 0.479 e. The molecule has 1 aromatic heterocycles. The number of ether oxygens (including phenoxy) is 1. The van der Waals surface area contributed by atoms with E-state index in [4.69, 9.17) is 9.84 Å². The Morgan fingerprint density at radius 1 is 1.25 bits per heavy atom. The third kappa shape index (κ3) is 2.22. The molecule has 0 spiro atoms. The van der Waals surface area contributed by atoms with Gasteiger partial charge in [-0.15, -0.1) is 0 Å². The maximum atomic E-state index is 11.6. The minimum atomic E-state index is -1.02. The van der Waals surface area contributed by atoms with E-state index in [9.17, 15) is 9.59 Å². The molecule has 0 radical (unpaired) electrons. The van der Waals surface area contributed by atoms with Crippen LogP contribution >= 0.6 is 0 Å². The molecular formula is C10H12N2O4. The molecule has 6 nitrogen and oxygen atoms in total. The van der Waals surface area contributed by atoms with Crippen LogP contribution in [0, 0.1) is 0 Å². The fourth-order valence-corrected chi connectivity index (χ4v) is 1.62. The lowest BCUT2D eigenvalue weighted by atomic mass is 10.2. The van der Waals surface area contributed by atoms with Gasteiger partial charge in [-0.05, 0) is 25.0 Å². The van der Waals surface area contributed by atoms with Crippen molar-refractivity contribution in [3.05, 3.63) is 24.5 Å². The van der Waals surface area contributed by atoms with Crippen molar-refractivity contribution in [2.45, 2.75) is 25.0 Å². The summed E-state index contributed by atoms with van der Waals surface area (Å²) < 4.78 is 6.61. The average Bonchev–Trinajstić information content (AvgIpc) is 2.86. The monoisotopic (exact) mass is 224 g/mol. The van der Waals surface area contributed by atoms with Gasteiger partial charge in [0.1, 0.15) is 6.10 Å². The van der Waals surface area contributed by atoms with Crippen molar-refractivity contribution >= 4 is 11.9 Å². The first-order valence-electron chi connectivity index (χ1n) is 4.99. The second-order valence-corrected chi connectivity index (χ2v) is 3.60. The zero-order chi connectivity index (χ0) is 11.5. The Morgan fingerprint density at radius 2 is 1.88 bits per heavy atom. The quantitative estimate of drug-likeness (QED) is 0.768. The van der Waals surface area contributed by atoms with Crippen LogP contribution in [0.15, 0.2) is 24.5 Å². The van der Waals surface area contributed by atoms with Gasteiger partial charge in [0.2, 0.25) is 0 Å². The van der Waals surface area contributed by atoms with Gasteiger partial charge in [-0.25, -0.2) is 4.79 Å². The number of hydrogen-bond donors (Lipinski definition) is 2. The first-order chi connectivity index (χ1) is 7.66. The molecule has 1 fully saturated rings. The number of rotatable bonds is 3. The summed E-state index contributed by atoms with van der Waals surface area (Å²) in [5.74, 6) is -1.34. The molecule has 2 atom stereocenters. The molecule has 16 heavy (non-hydrogen) atoms. The molecule has 2 heterocycles. The van der Waals surface area contributed by atoms with Crippen LogP contribution in [0.1, 0.15) is 12.8 Å². The van der Waals surface area contributed by atoms with E-state index in [0.717, 1.165) is 0 Å². The van der Waals surface area contributed by atoms with E-state index in [1.54, 1.807) is 24.5 Å². The SMILES string of the molecule is O=C(Nn1cccc1)[C@@H]1CC[C@H](C(=O)O)O1. The normalized spacial score (nSPS) is 24.2. The predicted octanol–water partition coefficient (Wildman–Crippen LogP) is 0.190. The number of carbonyl (C=O) groups is 2. The molecule has 1 saturated heterocycles. The summed E-state index contributed by atoms with van der Waals surface area (Å²) in [6, 6.07) is 3.55. The van der Waals surface area contributed by atoms with Crippen molar-refractivity contribution in [2.75, 3.05) is 5.43 Å². The van der Waals surface area contributed by atoms with E-state index in [1.807, 2.05) is 0 Å². The van der Waals surface area contributed by atoms with Gasteiger partial charge in [0.15, 0.2) is 6.10 Å². The fourth-order valence-electron chi connectivity index (χ4n) is 1.62. The number of nitrogens with one attached hydrogen (secondary N) is 1. The van der Waals surface area contributed by atoms with Crippen LogP contribution in [0.25, 0.3) is 0 Å². The zero-order valence-corrected chi connectivity index (χ0v) is 8.50. The van der Waals surface area contributed by atoms with Gasteiger partial charge in [-0.1, -0.05) is 0 Å². The van der Waals surface area contributed by atoms with E-state index in [2.05, 4.69) is 5.43 Å². The van der Waals surface area contributed by atoms with E-state index in [-0.39, 0.29) is 5.91 Å². The Labute approximate surface area is 91.8 Å². The summed E-state index contributed by atoms with van der Waals surface area (Å²) in [4.78, 5) is 22.3. The lowest BCUT2D eigenvalue weighted by Gasteiger charge is -2.12. The molecule has 1 aliphatic heterocycles. The Morgan fingerprint density at radius 3 is 2.44 bits per heavy atom. The van der Waals surface area contributed by atoms with Gasteiger partial charge in [0, 0.05) is 12.4 Å². The van der Waals surface area contributed by atoms with Gasteiger partial charge in [0.25, 0.3) is 5.91 Å². The Bertz CT molecular complexity index is 388. The van der Waals surface area contributed by atoms with Crippen LogP contribution in [-0.4, -0.2) is 33.9 Å². The van der Waals surface area contributed by atoms with E-state index < -0.39 is 18.2 Å². The molecule has 2 rings (SSSR count). The molecule has 0 aromatic carbocycles. The summed E-state index contributed by atoms with van der Waals surface area (Å²) >= 11 is 0. The Hall–Kier alpha value is -1.82. The number of carboxylic acid groups (broad SMARTS) is 1. The summed E-state index contributed by atoms with van der Waals surface area (Å²) in [6.45, 7) is 0. The van der Waals surface area contributed by atoms with E-state index in [0.29, 0.717) is 12.8 Å². The molecule has 1 aliphatic rings. The van der Waals surface area contributed by atoms with Crippen molar-refractivity contribution in [2.24, 2.45) is 0 Å². The van der Waals surface area contributed by atoms with Gasteiger partial charge < -0.3 is 9.84 Å². The van der Waals surface area contributed by atoms with Gasteiger partial charge in [-0.3, -0.25) is 14.9 Å². The maximum Gasteiger partial charge on any atom is 0.332 e. The molecule has 0 aliphatic carbocycles. The minimum Gasteiger partial charge on any atom is -0.479 e. The standard InChI is InChI=1S/C10H12N2O4/c13-9(11-12-5-1-2-6-12)7-3-4-8(16-7)10(14)15/h1-2,5-8H,3-4H2,(H,11,13)(H,14,15)/t7-,8+/m0/s1. The second-order valence-electron chi connectivity index (χ2n) is 3.60. The third-order valence-electron chi connectivity index (χ3n) is 2.43. The summed E-state index contributed by atoms with van der Waals surface area (Å²) in [5.41, 5.74) is 2.58. The lowest BCUT2D eigenvalue weighted by Crippen LogP contribution is -2.33. The highest BCUT2D eigenvalue weighted by Crippen LogP contribution is 2.20. The van der Waals surface area contributed by atoms with E-state index >= 15 is 0 Å². The number of hydrogen-bond acceptors (Lipinski definition) is 3.